The van der Waals surface area contributed by atoms with Crippen LogP contribution in [0, 0.1) is 0 Å². The van der Waals surface area contributed by atoms with Crippen LogP contribution in [0.25, 0.3) is 0 Å². The lowest BCUT2D eigenvalue weighted by Crippen LogP contribution is -2.19. The molecule has 0 saturated heterocycles. The zero-order chi connectivity index (χ0) is 13.1. The van der Waals surface area contributed by atoms with Gasteiger partial charge in [0.2, 0.25) is 5.91 Å². The van der Waals surface area contributed by atoms with Crippen molar-refractivity contribution in [2.75, 3.05) is 6.54 Å². The number of hydrogen-bond acceptors (Lipinski definition) is 2. The van der Waals surface area contributed by atoms with E-state index in [0.717, 1.165) is 49.7 Å². The maximum atomic E-state index is 11.4. The number of nitrogens with two attached hydrogens (primary N) is 2. The molecule has 0 aromatic carbocycles. The maximum Gasteiger partial charge on any atom is 0.244 e. The summed E-state index contributed by atoms with van der Waals surface area (Å²) in [5, 5.41) is 0. The Morgan fingerprint density at radius 3 is 1.88 bits per heavy atom. The smallest absolute Gasteiger partial charge is 0.244 e. The van der Waals surface area contributed by atoms with Crippen LogP contribution in [-0.2, 0) is 4.79 Å². The Kier molecular flexibility index (Phi) is 9.83. The average Bonchev–Trinajstić information content (AvgIpc) is 2.31. The van der Waals surface area contributed by atoms with Crippen LogP contribution in [0.3, 0.4) is 0 Å². The molecular weight excluding hydrogens is 212 g/mol. The van der Waals surface area contributed by atoms with Gasteiger partial charge in [0.25, 0.3) is 0 Å². The molecule has 0 unspecified atom stereocenters. The highest BCUT2D eigenvalue weighted by molar-refractivity contribution is 5.92. The average molecular weight is 240 g/mol. The van der Waals surface area contributed by atoms with Crippen molar-refractivity contribution in [2.45, 2.75) is 65.2 Å². The van der Waals surface area contributed by atoms with Crippen molar-refractivity contribution in [2.24, 2.45) is 11.5 Å². The van der Waals surface area contributed by atoms with Crippen LogP contribution >= 0.6 is 0 Å². The van der Waals surface area contributed by atoms with E-state index in [9.17, 15) is 4.79 Å². The molecule has 0 rings (SSSR count). The lowest BCUT2D eigenvalue weighted by molar-refractivity contribution is -0.114. The van der Waals surface area contributed by atoms with Gasteiger partial charge in [-0.3, -0.25) is 4.79 Å². The van der Waals surface area contributed by atoms with Crippen molar-refractivity contribution in [3.05, 3.63) is 11.1 Å². The molecule has 0 bridgehead atoms. The van der Waals surface area contributed by atoms with Crippen molar-refractivity contribution in [1.82, 2.24) is 0 Å². The number of primary amides is 1. The molecule has 0 aliphatic carbocycles. The molecule has 17 heavy (non-hydrogen) atoms. The number of carbonyl (C=O) groups is 1. The molecule has 0 atom stereocenters. The molecule has 4 N–H and O–H groups in total. The van der Waals surface area contributed by atoms with Gasteiger partial charge in [-0.05, 0) is 31.3 Å². The van der Waals surface area contributed by atoms with Gasteiger partial charge in [0.15, 0.2) is 0 Å². The summed E-state index contributed by atoms with van der Waals surface area (Å²) < 4.78 is 0. The minimum Gasteiger partial charge on any atom is -0.366 e. The Labute approximate surface area is 106 Å². The van der Waals surface area contributed by atoms with Crippen LogP contribution in [0.1, 0.15) is 65.2 Å². The second kappa shape index (κ2) is 10.3. The predicted octanol–water partition coefficient (Wildman–Crippen LogP) is 2.89. The molecule has 3 nitrogen and oxygen atoms in total. The summed E-state index contributed by atoms with van der Waals surface area (Å²) in [6.07, 6.45) is 8.52. The molecule has 0 heterocycles. The van der Waals surface area contributed by atoms with E-state index in [1.54, 1.807) is 0 Å². The standard InChI is InChI=1S/C14H28N2O/c1-3-5-7-9-12(11-15)13(14(16)17)10-8-6-4-2/h3-11,15H2,1-2H3,(H2,16,17). The first-order valence-electron chi connectivity index (χ1n) is 6.88. The molecular formula is C14H28N2O. The van der Waals surface area contributed by atoms with Crippen molar-refractivity contribution in [1.29, 1.82) is 0 Å². The van der Waals surface area contributed by atoms with E-state index >= 15 is 0 Å². The third-order valence-corrected chi connectivity index (χ3v) is 3.08. The Bertz CT molecular complexity index is 247. The summed E-state index contributed by atoms with van der Waals surface area (Å²) in [5.74, 6) is -0.280. The second-order valence-electron chi connectivity index (χ2n) is 4.56. The Morgan fingerprint density at radius 2 is 1.47 bits per heavy atom. The van der Waals surface area contributed by atoms with Gasteiger partial charge < -0.3 is 11.5 Å². The Hall–Kier alpha value is -0.830. The second-order valence-corrected chi connectivity index (χ2v) is 4.56. The molecule has 0 fully saturated rings. The monoisotopic (exact) mass is 240 g/mol. The summed E-state index contributed by atoms with van der Waals surface area (Å²) in [6.45, 7) is 4.79. The highest BCUT2D eigenvalue weighted by atomic mass is 16.1. The van der Waals surface area contributed by atoms with Crippen LogP contribution in [0.2, 0.25) is 0 Å². The van der Waals surface area contributed by atoms with E-state index in [1.165, 1.54) is 12.8 Å². The van der Waals surface area contributed by atoms with Gasteiger partial charge in [-0.25, -0.2) is 0 Å². The van der Waals surface area contributed by atoms with Crippen LogP contribution < -0.4 is 11.5 Å². The molecule has 0 aliphatic heterocycles. The first-order chi connectivity index (χ1) is 8.17. The number of unbranched alkanes of at least 4 members (excludes halogenated alkanes) is 4. The van der Waals surface area contributed by atoms with Crippen molar-refractivity contribution in [3.63, 3.8) is 0 Å². The van der Waals surface area contributed by atoms with Crippen LogP contribution in [0.15, 0.2) is 11.1 Å². The fourth-order valence-electron chi connectivity index (χ4n) is 1.99. The van der Waals surface area contributed by atoms with Crippen molar-refractivity contribution >= 4 is 5.91 Å². The summed E-state index contributed by atoms with van der Waals surface area (Å²) in [6, 6.07) is 0. The zero-order valence-electron chi connectivity index (χ0n) is 11.4. The molecule has 0 radical (unpaired) electrons. The quantitative estimate of drug-likeness (QED) is 0.455. The highest BCUT2D eigenvalue weighted by Crippen LogP contribution is 2.18. The molecule has 0 spiro atoms. The summed E-state index contributed by atoms with van der Waals surface area (Å²) >= 11 is 0. The number of carbonyl (C=O) groups excluding carboxylic acids is 1. The summed E-state index contributed by atoms with van der Waals surface area (Å²) in [5.41, 5.74) is 13.0. The maximum absolute atomic E-state index is 11.4. The topological polar surface area (TPSA) is 69.1 Å². The minimum absolute atomic E-state index is 0.280. The van der Waals surface area contributed by atoms with E-state index in [4.69, 9.17) is 11.5 Å². The Morgan fingerprint density at radius 1 is 0.941 bits per heavy atom. The lowest BCUT2D eigenvalue weighted by Gasteiger charge is -2.11. The molecule has 3 heteroatoms. The lowest BCUT2D eigenvalue weighted by atomic mass is 9.97. The van der Waals surface area contributed by atoms with E-state index in [2.05, 4.69) is 13.8 Å². The van der Waals surface area contributed by atoms with Gasteiger partial charge >= 0.3 is 0 Å². The molecule has 100 valence electrons. The fraction of sp³-hybridized carbons (Fsp3) is 0.786. The van der Waals surface area contributed by atoms with Gasteiger partial charge in [-0.15, -0.1) is 0 Å². The van der Waals surface area contributed by atoms with Crippen LogP contribution in [-0.4, -0.2) is 12.5 Å². The SMILES string of the molecule is CCCCCC(CN)=C(CCCCC)C(N)=O. The fourth-order valence-corrected chi connectivity index (χ4v) is 1.99. The van der Waals surface area contributed by atoms with Gasteiger partial charge in [0.1, 0.15) is 0 Å². The van der Waals surface area contributed by atoms with Gasteiger partial charge in [0, 0.05) is 12.1 Å². The number of rotatable bonds is 10. The highest BCUT2D eigenvalue weighted by Gasteiger charge is 2.10. The number of amides is 1. The number of hydrogen-bond donors (Lipinski definition) is 2. The van der Waals surface area contributed by atoms with E-state index in [-0.39, 0.29) is 5.91 Å². The predicted molar refractivity (Wildman–Crippen MR) is 73.6 cm³/mol. The van der Waals surface area contributed by atoms with Crippen molar-refractivity contribution in [3.8, 4) is 0 Å². The third kappa shape index (κ3) is 7.16. The summed E-state index contributed by atoms with van der Waals surface area (Å²) in [7, 11) is 0. The Balaban J connectivity index is 4.48. The molecule has 0 aromatic rings. The molecule has 1 amide bonds. The summed E-state index contributed by atoms with van der Waals surface area (Å²) in [4.78, 5) is 11.4. The normalized spacial score (nSPS) is 12.4. The zero-order valence-corrected chi connectivity index (χ0v) is 11.4. The molecule has 0 aliphatic rings. The van der Waals surface area contributed by atoms with Crippen LogP contribution in [0.4, 0.5) is 0 Å². The van der Waals surface area contributed by atoms with E-state index in [0.29, 0.717) is 6.54 Å². The molecule has 0 aromatic heterocycles. The first kappa shape index (κ1) is 16.2. The van der Waals surface area contributed by atoms with Gasteiger partial charge in [-0.1, -0.05) is 39.5 Å². The van der Waals surface area contributed by atoms with Crippen molar-refractivity contribution < 1.29 is 4.79 Å². The third-order valence-electron chi connectivity index (χ3n) is 3.08. The minimum atomic E-state index is -0.280. The molecule has 0 saturated carbocycles. The van der Waals surface area contributed by atoms with E-state index in [1.807, 2.05) is 0 Å². The van der Waals surface area contributed by atoms with Gasteiger partial charge in [-0.2, -0.15) is 0 Å². The van der Waals surface area contributed by atoms with E-state index < -0.39 is 0 Å². The first-order valence-corrected chi connectivity index (χ1v) is 6.88. The largest absolute Gasteiger partial charge is 0.366 e. The van der Waals surface area contributed by atoms with Crippen LogP contribution in [0.5, 0.6) is 0 Å². The van der Waals surface area contributed by atoms with Gasteiger partial charge in [0.05, 0.1) is 0 Å².